The summed E-state index contributed by atoms with van der Waals surface area (Å²) in [6.45, 7) is 1.67. The lowest BCUT2D eigenvalue weighted by molar-refractivity contribution is -0.128. The Labute approximate surface area is 125 Å². The third kappa shape index (κ3) is 3.26. The van der Waals surface area contributed by atoms with Crippen LogP contribution in [0.4, 0.5) is 0 Å². The molecule has 1 saturated heterocycles. The van der Waals surface area contributed by atoms with E-state index in [-0.39, 0.29) is 11.5 Å². The first-order chi connectivity index (χ1) is 10.2. The van der Waals surface area contributed by atoms with Gasteiger partial charge in [-0.15, -0.1) is 0 Å². The Hall–Kier alpha value is -1.83. The van der Waals surface area contributed by atoms with Gasteiger partial charge in [0.05, 0.1) is 11.9 Å². The number of thioether (sulfide) groups is 1. The number of aromatic amines is 2. The lowest BCUT2D eigenvalue weighted by atomic mass is 10.2. The minimum absolute atomic E-state index is 0.106. The fraction of sp³-hybridized carbons (Fsp3) is 0.538. The second-order valence-corrected chi connectivity index (χ2v) is 6.05. The third-order valence-electron chi connectivity index (χ3n) is 3.59. The number of carbonyl (C=O) groups is 1. The van der Waals surface area contributed by atoms with E-state index in [0.717, 1.165) is 25.9 Å². The summed E-state index contributed by atoms with van der Waals surface area (Å²) in [5, 5.41) is 7.33. The molecule has 3 rings (SSSR count). The quantitative estimate of drug-likeness (QED) is 0.655. The number of hydrogen-bond acceptors (Lipinski definition) is 5. The average Bonchev–Trinajstić information content (AvgIpc) is 2.79. The van der Waals surface area contributed by atoms with Crippen molar-refractivity contribution < 1.29 is 4.79 Å². The molecule has 0 spiro atoms. The molecule has 0 saturated carbocycles. The number of nitrogens with one attached hydrogen (secondary N) is 2. The zero-order chi connectivity index (χ0) is 14.7. The normalized spacial score (nSPS) is 16.1. The molecule has 0 radical (unpaired) electrons. The number of fused-ring (bicyclic) bond motifs is 1. The summed E-state index contributed by atoms with van der Waals surface area (Å²) in [4.78, 5) is 32.8. The summed E-state index contributed by atoms with van der Waals surface area (Å²) in [6.07, 6.45) is 5.99. The van der Waals surface area contributed by atoms with Crippen molar-refractivity contribution in [2.75, 3.05) is 18.8 Å². The summed E-state index contributed by atoms with van der Waals surface area (Å²) in [7, 11) is 0. The van der Waals surface area contributed by atoms with Gasteiger partial charge in [0.15, 0.2) is 10.8 Å². The highest BCUT2D eigenvalue weighted by Gasteiger charge is 2.16. The molecule has 1 aliphatic rings. The molecule has 8 heteroatoms. The minimum Gasteiger partial charge on any atom is -0.342 e. The Morgan fingerprint density at radius 2 is 2.05 bits per heavy atom. The Balaban J connectivity index is 1.65. The molecule has 1 aliphatic heterocycles. The molecule has 0 atom stereocenters. The van der Waals surface area contributed by atoms with Crippen LogP contribution in [0.25, 0.3) is 11.0 Å². The Bertz CT molecular complexity index is 687. The highest BCUT2D eigenvalue weighted by atomic mass is 32.2. The molecule has 0 bridgehead atoms. The highest BCUT2D eigenvalue weighted by Crippen LogP contribution is 2.16. The maximum Gasteiger partial charge on any atom is 0.262 e. The SMILES string of the molecule is O=C(CSc1nc2[nH]ncc2c(=O)[nH]1)N1CCCCCC1. The van der Waals surface area contributed by atoms with E-state index in [1.165, 1.54) is 30.8 Å². The predicted molar refractivity (Wildman–Crippen MR) is 80.3 cm³/mol. The summed E-state index contributed by atoms with van der Waals surface area (Å²) < 4.78 is 0. The lowest BCUT2D eigenvalue weighted by Gasteiger charge is -2.19. The monoisotopic (exact) mass is 307 g/mol. The molecule has 0 aliphatic carbocycles. The van der Waals surface area contributed by atoms with Crippen LogP contribution in [-0.4, -0.2) is 49.8 Å². The zero-order valence-corrected chi connectivity index (χ0v) is 12.4. The van der Waals surface area contributed by atoms with E-state index in [1.807, 2.05) is 4.90 Å². The van der Waals surface area contributed by atoms with Crippen molar-refractivity contribution in [2.24, 2.45) is 0 Å². The number of likely N-dealkylation sites (tertiary alicyclic amines) is 1. The van der Waals surface area contributed by atoms with Crippen LogP contribution in [0.3, 0.4) is 0 Å². The van der Waals surface area contributed by atoms with Crippen LogP contribution in [0.1, 0.15) is 25.7 Å². The zero-order valence-electron chi connectivity index (χ0n) is 11.6. The predicted octanol–water partition coefficient (Wildman–Crippen LogP) is 1.14. The van der Waals surface area contributed by atoms with Crippen molar-refractivity contribution in [1.29, 1.82) is 0 Å². The minimum atomic E-state index is -0.238. The molecule has 1 fully saturated rings. The first kappa shape index (κ1) is 14.1. The van der Waals surface area contributed by atoms with Gasteiger partial charge in [-0.2, -0.15) is 5.10 Å². The number of amides is 1. The third-order valence-corrected chi connectivity index (χ3v) is 4.45. The van der Waals surface area contributed by atoms with Gasteiger partial charge in [-0.25, -0.2) is 4.98 Å². The Kier molecular flexibility index (Phi) is 4.23. The number of rotatable bonds is 3. The molecule has 1 amide bonds. The number of aromatic nitrogens is 4. The van der Waals surface area contributed by atoms with Crippen LogP contribution in [-0.2, 0) is 4.79 Å². The second-order valence-electron chi connectivity index (χ2n) is 5.09. The van der Waals surface area contributed by atoms with E-state index in [9.17, 15) is 9.59 Å². The van der Waals surface area contributed by atoms with Crippen LogP contribution >= 0.6 is 11.8 Å². The van der Waals surface area contributed by atoms with E-state index in [2.05, 4.69) is 20.2 Å². The smallest absolute Gasteiger partial charge is 0.262 e. The molecule has 0 aromatic carbocycles. The lowest BCUT2D eigenvalue weighted by Crippen LogP contribution is -2.33. The van der Waals surface area contributed by atoms with E-state index < -0.39 is 0 Å². The molecule has 112 valence electrons. The summed E-state index contributed by atoms with van der Waals surface area (Å²) in [5.41, 5.74) is 0.210. The molecule has 2 aromatic heterocycles. The van der Waals surface area contributed by atoms with E-state index >= 15 is 0 Å². The molecule has 2 aromatic rings. The fourth-order valence-corrected chi connectivity index (χ4v) is 3.20. The largest absolute Gasteiger partial charge is 0.342 e. The highest BCUT2D eigenvalue weighted by molar-refractivity contribution is 7.99. The molecular formula is C13H17N5O2S. The van der Waals surface area contributed by atoms with Crippen LogP contribution < -0.4 is 5.56 Å². The van der Waals surface area contributed by atoms with Gasteiger partial charge in [0.1, 0.15) is 5.39 Å². The van der Waals surface area contributed by atoms with Crippen molar-refractivity contribution >= 4 is 28.7 Å². The molecule has 3 heterocycles. The van der Waals surface area contributed by atoms with Crippen molar-refractivity contribution in [3.63, 3.8) is 0 Å². The number of hydrogen-bond donors (Lipinski definition) is 2. The molecule has 2 N–H and O–H groups in total. The van der Waals surface area contributed by atoms with Gasteiger partial charge in [0.25, 0.3) is 5.56 Å². The van der Waals surface area contributed by atoms with Gasteiger partial charge in [-0.05, 0) is 12.8 Å². The average molecular weight is 307 g/mol. The van der Waals surface area contributed by atoms with Gasteiger partial charge in [0, 0.05) is 13.1 Å². The van der Waals surface area contributed by atoms with Crippen molar-refractivity contribution in [3.8, 4) is 0 Å². The van der Waals surface area contributed by atoms with Crippen LogP contribution in [0.15, 0.2) is 16.1 Å². The van der Waals surface area contributed by atoms with Gasteiger partial charge < -0.3 is 9.88 Å². The Morgan fingerprint density at radius 1 is 1.29 bits per heavy atom. The molecule has 21 heavy (non-hydrogen) atoms. The summed E-state index contributed by atoms with van der Waals surface area (Å²) in [6, 6.07) is 0. The molecule has 0 unspecified atom stereocenters. The maximum absolute atomic E-state index is 12.2. The molecule has 7 nitrogen and oxygen atoms in total. The number of carbonyl (C=O) groups excluding carboxylic acids is 1. The van der Waals surface area contributed by atoms with Gasteiger partial charge >= 0.3 is 0 Å². The summed E-state index contributed by atoms with van der Waals surface area (Å²) in [5.74, 6) is 0.400. The fourth-order valence-electron chi connectivity index (χ4n) is 2.43. The topological polar surface area (TPSA) is 94.7 Å². The number of H-pyrrole nitrogens is 2. The van der Waals surface area contributed by atoms with Gasteiger partial charge in [-0.3, -0.25) is 14.7 Å². The number of nitrogens with zero attached hydrogens (tertiary/aromatic N) is 3. The second kappa shape index (κ2) is 6.30. The van der Waals surface area contributed by atoms with Crippen LogP contribution in [0, 0.1) is 0 Å². The maximum atomic E-state index is 12.2. The van der Waals surface area contributed by atoms with E-state index in [0.29, 0.717) is 21.9 Å². The van der Waals surface area contributed by atoms with Crippen molar-refractivity contribution in [1.82, 2.24) is 25.1 Å². The summed E-state index contributed by atoms with van der Waals surface area (Å²) >= 11 is 1.26. The van der Waals surface area contributed by atoms with E-state index in [1.54, 1.807) is 0 Å². The van der Waals surface area contributed by atoms with E-state index in [4.69, 9.17) is 0 Å². The molecular weight excluding hydrogens is 290 g/mol. The Morgan fingerprint density at radius 3 is 2.81 bits per heavy atom. The van der Waals surface area contributed by atoms with Gasteiger partial charge in [-0.1, -0.05) is 24.6 Å². The van der Waals surface area contributed by atoms with Crippen molar-refractivity contribution in [3.05, 3.63) is 16.6 Å². The van der Waals surface area contributed by atoms with Crippen LogP contribution in [0.2, 0.25) is 0 Å². The van der Waals surface area contributed by atoms with Crippen molar-refractivity contribution in [2.45, 2.75) is 30.8 Å². The van der Waals surface area contributed by atoms with Gasteiger partial charge in [0.2, 0.25) is 5.91 Å². The first-order valence-electron chi connectivity index (χ1n) is 7.08. The van der Waals surface area contributed by atoms with Crippen LogP contribution in [0.5, 0.6) is 0 Å². The first-order valence-corrected chi connectivity index (χ1v) is 8.06. The standard InChI is InChI=1S/C13H17N5O2S/c19-10(18-5-3-1-2-4-6-18)8-21-13-15-11-9(7-14-17-11)12(20)16-13/h7H,1-6,8H2,(H2,14,15,16,17,20).